The summed E-state index contributed by atoms with van der Waals surface area (Å²) in [4.78, 5) is 18.8. The second-order valence-electron chi connectivity index (χ2n) is 10.6. The van der Waals surface area contributed by atoms with Gasteiger partial charge < -0.3 is 19.9 Å². The first-order valence-corrected chi connectivity index (χ1v) is 14.9. The Kier molecular flexibility index (Phi) is 6.90. The minimum absolute atomic E-state index is 0.730. The number of halogens is 1. The van der Waals surface area contributed by atoms with Crippen molar-refractivity contribution in [1.29, 1.82) is 0 Å². The zero-order chi connectivity index (χ0) is 26.3. The van der Waals surface area contributed by atoms with E-state index in [4.69, 9.17) is 21.4 Å². The molecule has 0 unspecified atom stereocenters. The lowest BCUT2D eigenvalue weighted by Crippen LogP contribution is -2.45. The lowest BCUT2D eigenvalue weighted by atomic mass is 9.95. The molecule has 0 saturated carbocycles. The molecule has 0 radical (unpaired) electrons. The molecule has 3 aliphatic rings. The lowest BCUT2D eigenvalue weighted by Gasteiger charge is -2.32. The van der Waals surface area contributed by atoms with Crippen LogP contribution in [-0.2, 0) is 24.1 Å². The standard InChI is InChI=1S/C28H33ClN8OS/c1-34-6-8-35(9-7-34)10-11-37-17-21-23(33-37)4-3-20-25-27(30-18-31-28(25)39-26(20)21)32-19-2-5-24(22(29)16-19)36-12-14-38-15-13-36/h2,5,16-18H,3-4,6-15H2,1H3,(H,30,31,32). The molecule has 3 aromatic heterocycles. The van der Waals surface area contributed by atoms with Crippen LogP contribution in [0.3, 0.4) is 0 Å². The Morgan fingerprint density at radius 1 is 1.03 bits per heavy atom. The summed E-state index contributed by atoms with van der Waals surface area (Å²) in [5.74, 6) is 0.832. The van der Waals surface area contributed by atoms with Crippen molar-refractivity contribution in [2.75, 3.05) is 76.3 Å². The van der Waals surface area contributed by atoms with Crippen molar-refractivity contribution in [1.82, 2.24) is 29.5 Å². The van der Waals surface area contributed by atoms with Crippen molar-refractivity contribution < 1.29 is 4.74 Å². The van der Waals surface area contributed by atoms with Gasteiger partial charge in [-0.2, -0.15) is 5.10 Å². The molecule has 1 aliphatic carbocycles. The smallest absolute Gasteiger partial charge is 0.142 e. The molecular weight excluding hydrogens is 532 g/mol. The zero-order valence-electron chi connectivity index (χ0n) is 22.2. The van der Waals surface area contributed by atoms with E-state index >= 15 is 0 Å². The number of likely N-dealkylation sites (N-methyl/N-ethyl adjacent to an activating group) is 1. The number of morpholine rings is 1. The third kappa shape index (κ3) is 5.00. The van der Waals surface area contributed by atoms with E-state index in [9.17, 15) is 0 Å². The minimum atomic E-state index is 0.730. The summed E-state index contributed by atoms with van der Waals surface area (Å²) in [6.45, 7) is 9.69. The van der Waals surface area contributed by atoms with Crippen molar-refractivity contribution in [3.05, 3.63) is 47.0 Å². The number of rotatable bonds is 6. The number of piperazine rings is 1. The number of hydrogen-bond donors (Lipinski definition) is 1. The first-order valence-electron chi connectivity index (χ1n) is 13.8. The fourth-order valence-corrected chi connectivity index (χ4v) is 7.36. The van der Waals surface area contributed by atoms with Gasteiger partial charge in [-0.1, -0.05) is 11.6 Å². The number of nitrogens with zero attached hydrogens (tertiary/aromatic N) is 7. The second-order valence-corrected chi connectivity index (χ2v) is 12.0. The predicted octanol–water partition coefficient (Wildman–Crippen LogP) is 4.13. The summed E-state index contributed by atoms with van der Waals surface area (Å²) in [5, 5.41) is 10.4. The number of aryl methyl sites for hydroxylation is 2. The van der Waals surface area contributed by atoms with E-state index in [1.807, 2.05) is 6.07 Å². The number of benzene rings is 1. The van der Waals surface area contributed by atoms with E-state index in [2.05, 4.69) is 60.0 Å². The van der Waals surface area contributed by atoms with Gasteiger partial charge in [0.1, 0.15) is 17.0 Å². The van der Waals surface area contributed by atoms with Crippen LogP contribution in [0, 0.1) is 0 Å². The molecule has 0 bridgehead atoms. The molecule has 39 heavy (non-hydrogen) atoms. The number of fused-ring (bicyclic) bond motifs is 5. The number of aromatic nitrogens is 4. The SMILES string of the molecule is CN1CCN(CCn2cc3c(n2)CCc2c-3sc3ncnc(Nc4ccc(N5CCOCC5)c(Cl)c4)c23)CC1. The molecule has 9 nitrogen and oxygen atoms in total. The van der Waals surface area contributed by atoms with Gasteiger partial charge in [-0.25, -0.2) is 9.97 Å². The minimum Gasteiger partial charge on any atom is -0.378 e. The third-order valence-corrected chi connectivity index (χ3v) is 9.56. The van der Waals surface area contributed by atoms with Crippen LogP contribution in [0.15, 0.2) is 30.7 Å². The average molecular weight is 565 g/mol. The predicted molar refractivity (Wildman–Crippen MR) is 158 cm³/mol. The highest BCUT2D eigenvalue weighted by Gasteiger charge is 2.27. The fraction of sp³-hybridized carbons (Fsp3) is 0.464. The molecule has 4 aromatic rings. The van der Waals surface area contributed by atoms with Crippen LogP contribution >= 0.6 is 22.9 Å². The van der Waals surface area contributed by atoms with E-state index in [1.54, 1.807) is 17.7 Å². The molecule has 2 aliphatic heterocycles. The Morgan fingerprint density at radius 3 is 2.69 bits per heavy atom. The topological polar surface area (TPSA) is 74.6 Å². The van der Waals surface area contributed by atoms with Crippen molar-refractivity contribution in [3.8, 4) is 10.4 Å². The zero-order valence-corrected chi connectivity index (χ0v) is 23.8. The van der Waals surface area contributed by atoms with Gasteiger partial charge in [0.15, 0.2) is 0 Å². The highest BCUT2D eigenvalue weighted by Crippen LogP contribution is 2.45. The van der Waals surface area contributed by atoms with Gasteiger partial charge in [0.05, 0.1) is 41.5 Å². The summed E-state index contributed by atoms with van der Waals surface area (Å²) in [6, 6.07) is 6.15. The van der Waals surface area contributed by atoms with Crippen LogP contribution in [0.25, 0.3) is 20.7 Å². The van der Waals surface area contributed by atoms with Crippen LogP contribution in [0.4, 0.5) is 17.2 Å². The summed E-state index contributed by atoms with van der Waals surface area (Å²) in [7, 11) is 2.20. The molecule has 0 amide bonds. The Labute approximate surface area is 237 Å². The van der Waals surface area contributed by atoms with E-state index < -0.39 is 0 Å². The number of nitrogens with one attached hydrogen (secondary N) is 1. The highest BCUT2D eigenvalue weighted by molar-refractivity contribution is 7.22. The molecule has 0 spiro atoms. The molecule has 0 atom stereocenters. The van der Waals surface area contributed by atoms with Crippen molar-refractivity contribution in [2.45, 2.75) is 19.4 Å². The Hall–Kier alpha value is -2.76. The van der Waals surface area contributed by atoms with E-state index in [1.165, 1.54) is 21.7 Å². The molecule has 2 saturated heterocycles. The maximum absolute atomic E-state index is 6.71. The number of ether oxygens (including phenoxy) is 1. The maximum Gasteiger partial charge on any atom is 0.142 e. The van der Waals surface area contributed by atoms with Crippen LogP contribution in [-0.4, -0.2) is 95.6 Å². The van der Waals surface area contributed by atoms with Crippen LogP contribution < -0.4 is 10.2 Å². The first-order chi connectivity index (χ1) is 19.1. The quantitative estimate of drug-likeness (QED) is 0.375. The Bertz CT molecular complexity index is 1490. The van der Waals surface area contributed by atoms with Gasteiger partial charge in [0, 0.05) is 68.1 Å². The molecule has 5 heterocycles. The maximum atomic E-state index is 6.71. The van der Waals surface area contributed by atoms with Crippen molar-refractivity contribution in [2.24, 2.45) is 0 Å². The normalized spacial score (nSPS) is 18.4. The Morgan fingerprint density at radius 2 is 1.87 bits per heavy atom. The van der Waals surface area contributed by atoms with Crippen molar-refractivity contribution >= 4 is 50.3 Å². The van der Waals surface area contributed by atoms with Crippen LogP contribution in [0.1, 0.15) is 11.3 Å². The van der Waals surface area contributed by atoms with Gasteiger partial charge in [0.25, 0.3) is 0 Å². The fourth-order valence-electron chi connectivity index (χ4n) is 5.83. The highest BCUT2D eigenvalue weighted by atomic mass is 35.5. The summed E-state index contributed by atoms with van der Waals surface area (Å²) in [6.07, 6.45) is 5.76. The average Bonchev–Trinajstić information content (AvgIpc) is 3.55. The molecule has 2 fully saturated rings. The van der Waals surface area contributed by atoms with E-state index in [0.717, 1.165) is 111 Å². The number of anilines is 3. The summed E-state index contributed by atoms with van der Waals surface area (Å²) < 4.78 is 7.63. The van der Waals surface area contributed by atoms with Gasteiger partial charge in [-0.05, 0) is 43.7 Å². The molecule has 204 valence electrons. The summed E-state index contributed by atoms with van der Waals surface area (Å²) in [5.41, 5.74) is 5.73. The molecular formula is C28H33ClN8OS. The van der Waals surface area contributed by atoms with Gasteiger partial charge in [-0.3, -0.25) is 9.58 Å². The van der Waals surface area contributed by atoms with E-state index in [0.29, 0.717) is 0 Å². The monoisotopic (exact) mass is 564 g/mol. The van der Waals surface area contributed by atoms with Gasteiger partial charge in [0.2, 0.25) is 0 Å². The van der Waals surface area contributed by atoms with Crippen molar-refractivity contribution in [3.63, 3.8) is 0 Å². The van der Waals surface area contributed by atoms with Gasteiger partial charge >= 0.3 is 0 Å². The molecule has 11 heteroatoms. The second kappa shape index (κ2) is 10.7. The van der Waals surface area contributed by atoms with E-state index in [-0.39, 0.29) is 0 Å². The first kappa shape index (κ1) is 25.2. The molecule has 7 rings (SSSR count). The molecule has 1 N–H and O–H groups in total. The van der Waals surface area contributed by atoms with Crippen LogP contribution in [0.2, 0.25) is 5.02 Å². The summed E-state index contributed by atoms with van der Waals surface area (Å²) >= 11 is 8.46. The number of hydrogen-bond acceptors (Lipinski definition) is 9. The lowest BCUT2D eigenvalue weighted by molar-refractivity contribution is 0.122. The number of thiophene rings is 1. The van der Waals surface area contributed by atoms with Crippen LogP contribution in [0.5, 0.6) is 0 Å². The molecule has 1 aromatic carbocycles. The Balaban J connectivity index is 1.13. The van der Waals surface area contributed by atoms with Gasteiger partial charge in [-0.15, -0.1) is 11.3 Å². The largest absolute Gasteiger partial charge is 0.378 e. The third-order valence-electron chi connectivity index (χ3n) is 8.09.